The third kappa shape index (κ3) is 8.14. The number of carboxylic acids is 3. The summed E-state index contributed by atoms with van der Waals surface area (Å²) in [5.41, 5.74) is 10.4. The van der Waals surface area contributed by atoms with Gasteiger partial charge in [0, 0.05) is 6.42 Å². The van der Waals surface area contributed by atoms with Crippen molar-refractivity contribution in [2.45, 2.75) is 31.0 Å². The number of aliphatic carboxylic acids is 3. The molecular weight excluding hydrogens is 302 g/mol. The molecule has 0 radical (unpaired) electrons. The highest BCUT2D eigenvalue weighted by atomic mass is 16.5. The van der Waals surface area contributed by atoms with Crippen LogP contribution in [0.25, 0.3) is 0 Å². The highest BCUT2D eigenvalue weighted by Gasteiger charge is 2.22. The molecule has 0 aromatic heterocycles. The molecule has 22 heavy (non-hydrogen) atoms. The number of hydrogen-bond donors (Lipinski definition) is 6. The van der Waals surface area contributed by atoms with Crippen molar-refractivity contribution in [3.63, 3.8) is 0 Å². The van der Waals surface area contributed by atoms with E-state index in [4.69, 9.17) is 31.5 Å². The monoisotopic (exact) mass is 321 g/mol. The maximum absolute atomic E-state index is 11.5. The fraction of sp³-hybridized carbons (Fsp3) is 0.636. The van der Waals surface area contributed by atoms with Crippen molar-refractivity contribution >= 4 is 23.8 Å². The summed E-state index contributed by atoms with van der Waals surface area (Å²) >= 11 is 0. The van der Waals surface area contributed by atoms with Crippen LogP contribution in [-0.2, 0) is 23.9 Å². The molecule has 8 N–H and O–H groups in total. The third-order valence-corrected chi connectivity index (χ3v) is 2.53. The Morgan fingerprint density at radius 2 is 1.45 bits per heavy atom. The summed E-state index contributed by atoms with van der Waals surface area (Å²) in [5, 5.41) is 28.1. The Hall–Kier alpha value is -2.24. The van der Waals surface area contributed by atoms with Gasteiger partial charge >= 0.3 is 17.9 Å². The Balaban J connectivity index is 4.23. The minimum atomic E-state index is -1.41. The molecule has 0 rings (SSSR count). The highest BCUT2D eigenvalue weighted by molar-refractivity contribution is 5.84. The van der Waals surface area contributed by atoms with Gasteiger partial charge in [0.2, 0.25) is 5.91 Å². The molecule has 0 bridgehead atoms. The van der Waals surface area contributed by atoms with Crippen molar-refractivity contribution in [1.82, 2.24) is 5.32 Å². The second-order valence-electron chi connectivity index (χ2n) is 4.42. The lowest BCUT2D eigenvalue weighted by molar-refractivity contribution is -0.145. The molecule has 11 heteroatoms. The van der Waals surface area contributed by atoms with Gasteiger partial charge in [0.25, 0.3) is 0 Å². The minimum absolute atomic E-state index is 0.155. The standard InChI is InChI=1S/C11H19N3O8/c12-5(9(16)17)1-2-8(15)14-7(11(20)21)4-22-3-6(13)10(18)19/h5-7H,1-4,12-13H2,(H,14,15)(H,16,17)(H,18,19)(H,20,21)/t5-,6+,7+/m1/s1. The number of rotatable bonds is 11. The molecular formula is C11H19N3O8. The first-order valence-corrected chi connectivity index (χ1v) is 6.21. The predicted octanol–water partition coefficient (Wildman–Crippen LogP) is -2.82. The van der Waals surface area contributed by atoms with Gasteiger partial charge in [-0.15, -0.1) is 0 Å². The molecule has 0 saturated heterocycles. The summed E-state index contributed by atoms with van der Waals surface area (Å²) in [7, 11) is 0. The third-order valence-electron chi connectivity index (χ3n) is 2.53. The number of carbonyl (C=O) groups excluding carboxylic acids is 1. The quantitative estimate of drug-likeness (QED) is 0.230. The van der Waals surface area contributed by atoms with E-state index in [1.165, 1.54) is 0 Å². The summed E-state index contributed by atoms with van der Waals surface area (Å²) in [6.07, 6.45) is -0.426. The Labute approximate surface area is 125 Å². The van der Waals surface area contributed by atoms with Crippen molar-refractivity contribution in [2.24, 2.45) is 11.5 Å². The molecule has 3 atom stereocenters. The lowest BCUT2D eigenvalue weighted by Gasteiger charge is -2.16. The molecule has 0 aromatic rings. The van der Waals surface area contributed by atoms with Crippen molar-refractivity contribution in [1.29, 1.82) is 0 Å². The summed E-state index contributed by atoms with van der Waals surface area (Å²) < 4.78 is 4.82. The first kappa shape index (κ1) is 19.8. The van der Waals surface area contributed by atoms with Crippen molar-refractivity contribution in [3.05, 3.63) is 0 Å². The largest absolute Gasteiger partial charge is 0.480 e. The van der Waals surface area contributed by atoms with E-state index in [0.717, 1.165) is 0 Å². The molecule has 0 aromatic carbocycles. The van der Waals surface area contributed by atoms with Gasteiger partial charge in [-0.05, 0) is 6.42 Å². The van der Waals surface area contributed by atoms with Crippen molar-refractivity contribution in [3.8, 4) is 0 Å². The molecule has 0 heterocycles. The van der Waals surface area contributed by atoms with Gasteiger partial charge in [-0.1, -0.05) is 0 Å². The van der Waals surface area contributed by atoms with Crippen LogP contribution >= 0.6 is 0 Å². The summed E-state index contributed by atoms with van der Waals surface area (Å²) in [5.74, 6) is -4.68. The number of nitrogens with two attached hydrogens (primary N) is 2. The minimum Gasteiger partial charge on any atom is -0.480 e. The second kappa shape index (κ2) is 9.65. The molecule has 0 aliphatic rings. The number of nitrogens with one attached hydrogen (secondary N) is 1. The fourth-order valence-corrected chi connectivity index (χ4v) is 1.24. The normalized spacial score (nSPS) is 14.6. The smallest absolute Gasteiger partial charge is 0.328 e. The van der Waals surface area contributed by atoms with Gasteiger partial charge in [0.05, 0.1) is 13.2 Å². The average molecular weight is 321 g/mol. The van der Waals surface area contributed by atoms with Gasteiger partial charge in [-0.3, -0.25) is 14.4 Å². The maximum Gasteiger partial charge on any atom is 0.328 e. The zero-order chi connectivity index (χ0) is 17.3. The van der Waals surface area contributed by atoms with Crippen LogP contribution in [0.4, 0.5) is 0 Å². The number of carboxylic acid groups (broad SMARTS) is 3. The molecule has 0 spiro atoms. The van der Waals surface area contributed by atoms with Gasteiger partial charge in [-0.2, -0.15) is 0 Å². The van der Waals surface area contributed by atoms with Gasteiger partial charge < -0.3 is 36.8 Å². The zero-order valence-electron chi connectivity index (χ0n) is 11.6. The molecule has 0 saturated carbocycles. The lowest BCUT2D eigenvalue weighted by atomic mass is 10.1. The topological polar surface area (TPSA) is 202 Å². The van der Waals surface area contributed by atoms with Crippen LogP contribution in [0.2, 0.25) is 0 Å². The Morgan fingerprint density at radius 1 is 0.909 bits per heavy atom. The Bertz CT molecular complexity index is 428. The summed E-state index contributed by atoms with van der Waals surface area (Å²) in [6.45, 7) is -0.897. The molecule has 0 aliphatic carbocycles. The number of amides is 1. The maximum atomic E-state index is 11.5. The first-order chi connectivity index (χ1) is 10.1. The Morgan fingerprint density at radius 3 is 1.91 bits per heavy atom. The molecule has 11 nitrogen and oxygen atoms in total. The number of ether oxygens (including phenoxy) is 1. The average Bonchev–Trinajstić information content (AvgIpc) is 2.42. The molecule has 1 amide bonds. The molecule has 0 unspecified atom stereocenters. The first-order valence-electron chi connectivity index (χ1n) is 6.21. The van der Waals surface area contributed by atoms with Crippen LogP contribution in [0.1, 0.15) is 12.8 Å². The van der Waals surface area contributed by atoms with E-state index in [-0.39, 0.29) is 12.8 Å². The van der Waals surface area contributed by atoms with E-state index in [9.17, 15) is 19.2 Å². The zero-order valence-corrected chi connectivity index (χ0v) is 11.6. The number of hydrogen-bond acceptors (Lipinski definition) is 7. The number of carbonyl (C=O) groups is 4. The van der Waals surface area contributed by atoms with Crippen LogP contribution in [0.15, 0.2) is 0 Å². The summed E-state index contributed by atoms with van der Waals surface area (Å²) in [6, 6.07) is -3.94. The SMILES string of the molecule is N[C@H](CCC(=O)N[C@@H](COC[C@H](N)C(=O)O)C(=O)O)C(=O)O. The van der Waals surface area contributed by atoms with Crippen LogP contribution in [0.5, 0.6) is 0 Å². The summed E-state index contributed by atoms with van der Waals surface area (Å²) in [4.78, 5) is 43.3. The van der Waals surface area contributed by atoms with E-state index >= 15 is 0 Å². The fourth-order valence-electron chi connectivity index (χ4n) is 1.24. The van der Waals surface area contributed by atoms with E-state index in [1.54, 1.807) is 0 Å². The highest BCUT2D eigenvalue weighted by Crippen LogP contribution is 1.97. The van der Waals surface area contributed by atoms with E-state index in [1.807, 2.05) is 0 Å². The van der Waals surface area contributed by atoms with Crippen LogP contribution in [0, 0.1) is 0 Å². The van der Waals surface area contributed by atoms with Gasteiger partial charge in [-0.25, -0.2) is 4.79 Å². The van der Waals surface area contributed by atoms with E-state index in [2.05, 4.69) is 5.32 Å². The van der Waals surface area contributed by atoms with E-state index < -0.39 is 55.2 Å². The lowest BCUT2D eigenvalue weighted by Crippen LogP contribution is -2.45. The van der Waals surface area contributed by atoms with Crippen LogP contribution < -0.4 is 16.8 Å². The predicted molar refractivity (Wildman–Crippen MR) is 70.8 cm³/mol. The van der Waals surface area contributed by atoms with Gasteiger partial charge in [0.15, 0.2) is 6.04 Å². The second-order valence-corrected chi connectivity index (χ2v) is 4.42. The van der Waals surface area contributed by atoms with E-state index in [0.29, 0.717) is 0 Å². The molecule has 0 aliphatic heterocycles. The molecule has 126 valence electrons. The van der Waals surface area contributed by atoms with Gasteiger partial charge in [0.1, 0.15) is 12.1 Å². The Kier molecular flexibility index (Phi) is 8.67. The van der Waals surface area contributed by atoms with Crippen molar-refractivity contribution < 1.29 is 39.2 Å². The van der Waals surface area contributed by atoms with Crippen LogP contribution in [0.3, 0.4) is 0 Å². The molecule has 0 fully saturated rings. The van der Waals surface area contributed by atoms with Crippen LogP contribution in [-0.4, -0.2) is 70.5 Å². The van der Waals surface area contributed by atoms with Crippen molar-refractivity contribution in [2.75, 3.05) is 13.2 Å².